The first kappa shape index (κ1) is 30.4. The number of methoxy groups -OCH3 is 1. The van der Waals surface area contributed by atoms with Crippen molar-refractivity contribution in [1.82, 2.24) is 9.66 Å². The number of furan rings is 1. The van der Waals surface area contributed by atoms with E-state index in [1.165, 1.54) is 13.3 Å². The summed E-state index contributed by atoms with van der Waals surface area (Å²) in [6, 6.07) is 23.0. The fourth-order valence-electron chi connectivity index (χ4n) is 4.66. The summed E-state index contributed by atoms with van der Waals surface area (Å²) in [6.45, 7) is 1.58. The van der Waals surface area contributed by atoms with Gasteiger partial charge in [-0.3, -0.25) is 9.59 Å². The van der Waals surface area contributed by atoms with Gasteiger partial charge in [-0.25, -0.2) is 4.98 Å². The molecule has 0 aliphatic carbocycles. The number of nitrogens with one attached hydrogen (secondary N) is 1. The van der Waals surface area contributed by atoms with E-state index in [2.05, 4.69) is 26.3 Å². The van der Waals surface area contributed by atoms with Crippen molar-refractivity contribution >= 4 is 78.8 Å². The Labute approximate surface area is 275 Å². The molecule has 0 aliphatic rings. The highest BCUT2D eigenvalue weighted by Gasteiger charge is 2.20. The highest BCUT2D eigenvalue weighted by Crippen LogP contribution is 2.42. The molecule has 0 saturated carbocycles. The fraction of sp³-hybridized carbons (Fsp3) is 0.0909. The number of carbonyl (C=O) groups is 1. The van der Waals surface area contributed by atoms with E-state index in [9.17, 15) is 9.59 Å². The third-order valence-corrected chi connectivity index (χ3v) is 8.59. The lowest BCUT2D eigenvalue weighted by Gasteiger charge is -2.15. The standard InChI is InChI=1S/C33H23BrCl2N4O5/c1-18-7-3-5-9-23(18)38-28(41)17-44-31-26(43-2)15-20(29(34)30(31)36)16-37-40-32(39-24-10-6-4-8-22(24)33(40)42)27-14-19-13-21(35)11-12-25(19)45-27/h3-16H,17H2,1-2H3,(H,38,41). The van der Waals surface area contributed by atoms with E-state index in [0.717, 1.165) is 15.6 Å². The molecule has 12 heteroatoms. The number of benzene rings is 4. The Morgan fingerprint density at radius 2 is 1.87 bits per heavy atom. The minimum Gasteiger partial charge on any atom is -0.493 e. The minimum absolute atomic E-state index is 0.151. The van der Waals surface area contributed by atoms with Crippen LogP contribution in [-0.4, -0.2) is 35.5 Å². The number of hydrogen-bond donors (Lipinski definition) is 1. The average Bonchev–Trinajstić information content (AvgIpc) is 3.46. The quantitative estimate of drug-likeness (QED) is 0.160. The van der Waals surface area contributed by atoms with Gasteiger partial charge in [0, 0.05) is 26.1 Å². The van der Waals surface area contributed by atoms with Crippen molar-refractivity contribution in [3.63, 3.8) is 0 Å². The number of fused-ring (bicyclic) bond motifs is 2. The van der Waals surface area contributed by atoms with Crippen LogP contribution in [0, 0.1) is 6.92 Å². The van der Waals surface area contributed by atoms with Crippen molar-refractivity contribution in [3.05, 3.63) is 115 Å². The monoisotopic (exact) mass is 704 g/mol. The molecule has 9 nitrogen and oxygen atoms in total. The average molecular weight is 706 g/mol. The molecule has 2 aromatic heterocycles. The van der Waals surface area contributed by atoms with Gasteiger partial charge in [0.2, 0.25) is 5.82 Å². The third-order valence-electron chi connectivity index (χ3n) is 6.91. The number of amides is 1. The zero-order valence-corrected chi connectivity index (χ0v) is 26.9. The SMILES string of the molecule is COc1cc(C=Nn2c(-c3cc4cc(Cl)ccc4o3)nc3ccccc3c2=O)c(Br)c(Cl)c1OCC(=O)Nc1ccccc1C. The summed E-state index contributed by atoms with van der Waals surface area (Å²) in [6.07, 6.45) is 1.44. The summed E-state index contributed by atoms with van der Waals surface area (Å²) in [5, 5.41) is 9.15. The Balaban J connectivity index is 1.35. The smallest absolute Gasteiger partial charge is 0.282 e. The van der Waals surface area contributed by atoms with Gasteiger partial charge in [-0.1, -0.05) is 53.5 Å². The molecular formula is C33H23BrCl2N4O5. The summed E-state index contributed by atoms with van der Waals surface area (Å²) in [7, 11) is 1.45. The molecule has 2 heterocycles. The summed E-state index contributed by atoms with van der Waals surface area (Å²) in [5.74, 6) is 0.569. The number of halogens is 3. The molecule has 226 valence electrons. The highest BCUT2D eigenvalue weighted by atomic mass is 79.9. The number of para-hydroxylation sites is 2. The van der Waals surface area contributed by atoms with Gasteiger partial charge in [-0.15, -0.1) is 0 Å². The maximum absolute atomic E-state index is 13.7. The Morgan fingerprint density at radius 3 is 2.67 bits per heavy atom. The van der Waals surface area contributed by atoms with Gasteiger partial charge in [0.15, 0.2) is 23.9 Å². The molecule has 45 heavy (non-hydrogen) atoms. The van der Waals surface area contributed by atoms with Gasteiger partial charge in [-0.2, -0.15) is 9.78 Å². The van der Waals surface area contributed by atoms with Crippen molar-refractivity contribution in [3.8, 4) is 23.1 Å². The van der Waals surface area contributed by atoms with Crippen LogP contribution >= 0.6 is 39.1 Å². The van der Waals surface area contributed by atoms with E-state index in [1.807, 2.05) is 25.1 Å². The number of carbonyl (C=O) groups excluding carboxylic acids is 1. The predicted molar refractivity (Wildman–Crippen MR) is 180 cm³/mol. The number of nitrogens with zero attached hydrogens (tertiary/aromatic N) is 3. The number of ether oxygens (including phenoxy) is 2. The molecule has 4 aromatic carbocycles. The summed E-state index contributed by atoms with van der Waals surface area (Å²) >= 11 is 16.3. The van der Waals surface area contributed by atoms with Crippen LogP contribution in [0.2, 0.25) is 10.0 Å². The van der Waals surface area contributed by atoms with E-state index in [-0.39, 0.29) is 34.9 Å². The summed E-state index contributed by atoms with van der Waals surface area (Å²) in [4.78, 5) is 31.0. The second kappa shape index (κ2) is 12.8. The maximum atomic E-state index is 13.7. The van der Waals surface area contributed by atoms with Crippen molar-refractivity contribution in [1.29, 1.82) is 0 Å². The molecule has 0 spiro atoms. The summed E-state index contributed by atoms with van der Waals surface area (Å²) < 4.78 is 18.9. The second-order valence-corrected chi connectivity index (χ2v) is 11.5. The Morgan fingerprint density at radius 1 is 1.09 bits per heavy atom. The van der Waals surface area contributed by atoms with Crippen LogP contribution in [0.15, 0.2) is 97.6 Å². The molecule has 6 rings (SSSR count). The first-order valence-electron chi connectivity index (χ1n) is 13.5. The fourth-order valence-corrected chi connectivity index (χ4v) is 5.49. The number of aromatic nitrogens is 2. The van der Waals surface area contributed by atoms with Gasteiger partial charge in [0.1, 0.15) is 10.6 Å². The normalized spacial score (nSPS) is 11.4. The lowest BCUT2D eigenvalue weighted by molar-refractivity contribution is -0.118. The van der Waals surface area contributed by atoms with E-state index < -0.39 is 5.56 Å². The van der Waals surface area contributed by atoms with Crippen LogP contribution in [-0.2, 0) is 4.79 Å². The zero-order valence-electron chi connectivity index (χ0n) is 23.8. The first-order valence-corrected chi connectivity index (χ1v) is 15.1. The Bertz CT molecular complexity index is 2190. The van der Waals surface area contributed by atoms with E-state index in [4.69, 9.17) is 42.1 Å². The van der Waals surface area contributed by atoms with Crippen molar-refractivity contribution < 1.29 is 18.7 Å². The Kier molecular flexibility index (Phi) is 8.62. The van der Waals surface area contributed by atoms with Crippen LogP contribution in [0.25, 0.3) is 33.5 Å². The van der Waals surface area contributed by atoms with Gasteiger partial charge in [0.25, 0.3) is 11.5 Å². The third kappa shape index (κ3) is 6.17. The molecule has 1 amide bonds. The van der Waals surface area contributed by atoms with E-state index in [0.29, 0.717) is 43.0 Å². The van der Waals surface area contributed by atoms with Gasteiger partial charge in [0.05, 0.1) is 24.2 Å². The first-order chi connectivity index (χ1) is 21.7. The topological polar surface area (TPSA) is 108 Å². The molecule has 0 unspecified atom stereocenters. The molecule has 0 bridgehead atoms. The van der Waals surface area contributed by atoms with Crippen LogP contribution in [0.1, 0.15) is 11.1 Å². The number of rotatable bonds is 8. The molecule has 0 saturated heterocycles. The van der Waals surface area contributed by atoms with Crippen LogP contribution in [0.4, 0.5) is 5.69 Å². The number of anilines is 1. The highest BCUT2D eigenvalue weighted by molar-refractivity contribution is 9.10. The molecule has 6 aromatic rings. The van der Waals surface area contributed by atoms with Gasteiger partial charge < -0.3 is 19.2 Å². The van der Waals surface area contributed by atoms with Gasteiger partial charge in [-0.05, 0) is 76.9 Å². The van der Waals surface area contributed by atoms with Crippen LogP contribution in [0.5, 0.6) is 11.5 Å². The maximum Gasteiger partial charge on any atom is 0.282 e. The van der Waals surface area contributed by atoms with E-state index >= 15 is 0 Å². The lowest BCUT2D eigenvalue weighted by Crippen LogP contribution is -2.21. The predicted octanol–water partition coefficient (Wildman–Crippen LogP) is 8.10. The molecule has 1 N–H and O–H groups in total. The minimum atomic E-state index is -0.404. The zero-order chi connectivity index (χ0) is 31.7. The molecule has 0 aliphatic heterocycles. The largest absolute Gasteiger partial charge is 0.493 e. The van der Waals surface area contributed by atoms with Crippen molar-refractivity contribution in [2.24, 2.45) is 5.10 Å². The van der Waals surface area contributed by atoms with E-state index in [1.54, 1.807) is 60.7 Å². The number of hydrogen-bond acceptors (Lipinski definition) is 7. The van der Waals surface area contributed by atoms with Crippen LogP contribution in [0.3, 0.4) is 0 Å². The Hall–Kier alpha value is -4.64. The van der Waals surface area contributed by atoms with Crippen molar-refractivity contribution in [2.45, 2.75) is 6.92 Å². The van der Waals surface area contributed by atoms with Crippen LogP contribution < -0.4 is 20.3 Å². The van der Waals surface area contributed by atoms with Gasteiger partial charge >= 0.3 is 0 Å². The summed E-state index contributed by atoms with van der Waals surface area (Å²) in [5.41, 5.74) is 2.73. The number of aryl methyl sites for hydroxylation is 1. The molecule has 0 radical (unpaired) electrons. The lowest BCUT2D eigenvalue weighted by atomic mass is 10.2. The molecule has 0 atom stereocenters. The second-order valence-electron chi connectivity index (χ2n) is 9.88. The van der Waals surface area contributed by atoms with Crippen molar-refractivity contribution in [2.75, 3.05) is 19.0 Å². The molecule has 0 fully saturated rings. The molecular weight excluding hydrogens is 683 g/mol.